The molecule has 0 aliphatic rings. The summed E-state index contributed by atoms with van der Waals surface area (Å²) in [5, 5.41) is 0. The molecule has 0 unspecified atom stereocenters. The lowest BCUT2D eigenvalue weighted by Gasteiger charge is -2.11. The van der Waals surface area contributed by atoms with E-state index in [0.717, 1.165) is 11.1 Å². The number of benzene rings is 1. The van der Waals surface area contributed by atoms with Crippen molar-refractivity contribution >= 4 is 22.9 Å². The van der Waals surface area contributed by atoms with Crippen LogP contribution in [0.1, 0.15) is 5.56 Å². The highest BCUT2D eigenvalue weighted by molar-refractivity contribution is 5.88. The SMILES string of the molecule is Cc1ccc(-c2nc3c(N)nc(N)nc3nc2-c2nccn2C)cc1. The van der Waals surface area contributed by atoms with Gasteiger partial charge in [-0.2, -0.15) is 9.97 Å². The normalized spacial score (nSPS) is 11.1. The molecular weight excluding hydrogens is 316 g/mol. The standard InChI is InChI=1S/C17H16N8/c1-9-3-5-10(6-4-9)11-12(16-20-7-8-25(16)2)22-15-13(21-11)14(18)23-17(19)24-15/h3-8H,1-2H3,(H4,18,19,22,23,24). The van der Waals surface area contributed by atoms with E-state index >= 15 is 0 Å². The number of nitrogen functional groups attached to an aromatic ring is 2. The van der Waals surface area contributed by atoms with Crippen molar-refractivity contribution in [3.05, 3.63) is 42.2 Å². The van der Waals surface area contributed by atoms with Crippen LogP contribution < -0.4 is 11.5 Å². The van der Waals surface area contributed by atoms with E-state index in [2.05, 4.69) is 19.9 Å². The Hall–Kier alpha value is -3.55. The summed E-state index contributed by atoms with van der Waals surface area (Å²) in [5.41, 5.74) is 15.8. The van der Waals surface area contributed by atoms with Crippen LogP contribution in [-0.2, 0) is 7.05 Å². The topological polar surface area (TPSA) is 121 Å². The summed E-state index contributed by atoms with van der Waals surface area (Å²) in [6, 6.07) is 8.02. The van der Waals surface area contributed by atoms with Gasteiger partial charge in [0.2, 0.25) is 5.95 Å². The molecule has 4 aromatic rings. The molecule has 0 saturated carbocycles. The van der Waals surface area contributed by atoms with Crippen LogP contribution in [0.15, 0.2) is 36.7 Å². The van der Waals surface area contributed by atoms with E-state index in [1.54, 1.807) is 6.20 Å². The molecule has 4 N–H and O–H groups in total. The molecule has 0 amide bonds. The van der Waals surface area contributed by atoms with Gasteiger partial charge in [-0.15, -0.1) is 0 Å². The Labute approximate surface area is 143 Å². The lowest BCUT2D eigenvalue weighted by atomic mass is 10.1. The van der Waals surface area contributed by atoms with Gasteiger partial charge in [0.05, 0.1) is 0 Å². The number of imidazole rings is 1. The highest BCUT2D eigenvalue weighted by atomic mass is 15.1. The molecule has 0 saturated heterocycles. The van der Waals surface area contributed by atoms with Crippen LogP contribution in [0.4, 0.5) is 11.8 Å². The van der Waals surface area contributed by atoms with Crippen LogP contribution >= 0.6 is 0 Å². The van der Waals surface area contributed by atoms with Gasteiger partial charge in [-0.25, -0.2) is 15.0 Å². The zero-order chi connectivity index (χ0) is 17.6. The Kier molecular flexibility index (Phi) is 3.31. The first kappa shape index (κ1) is 15.0. The average molecular weight is 332 g/mol. The van der Waals surface area contributed by atoms with Crippen LogP contribution in [0.2, 0.25) is 0 Å². The third kappa shape index (κ3) is 2.53. The minimum atomic E-state index is 0.0631. The van der Waals surface area contributed by atoms with Crippen LogP contribution in [0.3, 0.4) is 0 Å². The summed E-state index contributed by atoms with van der Waals surface area (Å²) >= 11 is 0. The monoisotopic (exact) mass is 332 g/mol. The summed E-state index contributed by atoms with van der Waals surface area (Å²) in [7, 11) is 1.90. The first-order valence-corrected chi connectivity index (χ1v) is 7.68. The predicted octanol–water partition coefficient (Wildman–Crippen LogP) is 1.96. The average Bonchev–Trinajstić information content (AvgIpc) is 3.00. The van der Waals surface area contributed by atoms with Crippen LogP contribution in [0, 0.1) is 6.92 Å². The van der Waals surface area contributed by atoms with Crippen molar-refractivity contribution in [3.63, 3.8) is 0 Å². The molecule has 0 aliphatic carbocycles. The van der Waals surface area contributed by atoms with Crippen LogP contribution in [0.5, 0.6) is 0 Å². The highest BCUT2D eigenvalue weighted by Gasteiger charge is 2.18. The first-order chi connectivity index (χ1) is 12.0. The number of fused-ring (bicyclic) bond motifs is 1. The van der Waals surface area contributed by atoms with Crippen LogP contribution in [-0.4, -0.2) is 29.5 Å². The number of aryl methyl sites for hydroxylation is 2. The zero-order valence-electron chi connectivity index (χ0n) is 13.8. The third-order valence-corrected chi connectivity index (χ3v) is 3.93. The second-order valence-corrected chi connectivity index (χ2v) is 5.79. The first-order valence-electron chi connectivity index (χ1n) is 7.68. The quantitative estimate of drug-likeness (QED) is 0.575. The number of rotatable bonds is 2. The molecule has 0 radical (unpaired) electrons. The maximum atomic E-state index is 5.97. The Morgan fingerprint density at radius 2 is 1.68 bits per heavy atom. The molecule has 0 fully saturated rings. The van der Waals surface area contributed by atoms with Crippen molar-refractivity contribution in [2.75, 3.05) is 11.5 Å². The molecule has 0 atom stereocenters. The van der Waals surface area contributed by atoms with E-state index in [1.807, 2.05) is 49.0 Å². The van der Waals surface area contributed by atoms with Crippen LogP contribution in [0.25, 0.3) is 33.9 Å². The van der Waals surface area contributed by atoms with Crippen molar-refractivity contribution in [3.8, 4) is 22.8 Å². The van der Waals surface area contributed by atoms with Crippen molar-refractivity contribution < 1.29 is 0 Å². The lowest BCUT2D eigenvalue weighted by molar-refractivity contribution is 0.917. The van der Waals surface area contributed by atoms with Gasteiger partial charge in [0, 0.05) is 25.0 Å². The Morgan fingerprint density at radius 1 is 0.920 bits per heavy atom. The number of aromatic nitrogens is 6. The molecule has 124 valence electrons. The van der Waals surface area contributed by atoms with Gasteiger partial charge in [0.1, 0.15) is 11.4 Å². The molecule has 0 aliphatic heterocycles. The molecule has 8 nitrogen and oxygen atoms in total. The summed E-state index contributed by atoms with van der Waals surface area (Å²) in [5.74, 6) is 0.948. The Bertz CT molecular complexity index is 1080. The summed E-state index contributed by atoms with van der Waals surface area (Å²) in [4.78, 5) is 21.9. The number of nitrogens with two attached hydrogens (primary N) is 2. The van der Waals surface area contributed by atoms with Gasteiger partial charge in [0.15, 0.2) is 22.8 Å². The van der Waals surface area contributed by atoms with Gasteiger partial charge in [-0.3, -0.25) is 0 Å². The van der Waals surface area contributed by atoms with Gasteiger partial charge in [0.25, 0.3) is 0 Å². The second-order valence-electron chi connectivity index (χ2n) is 5.79. The lowest BCUT2D eigenvalue weighted by Crippen LogP contribution is -2.06. The fourth-order valence-corrected chi connectivity index (χ4v) is 2.65. The number of nitrogens with zero attached hydrogens (tertiary/aromatic N) is 6. The van der Waals surface area contributed by atoms with Crippen molar-refractivity contribution in [1.29, 1.82) is 0 Å². The van der Waals surface area contributed by atoms with Crippen molar-refractivity contribution in [1.82, 2.24) is 29.5 Å². The summed E-state index contributed by atoms with van der Waals surface area (Å²) in [6.45, 7) is 2.03. The molecule has 0 spiro atoms. The number of hydrogen-bond donors (Lipinski definition) is 2. The number of hydrogen-bond acceptors (Lipinski definition) is 7. The number of anilines is 2. The van der Waals surface area contributed by atoms with E-state index in [1.165, 1.54) is 0 Å². The highest BCUT2D eigenvalue weighted by Crippen LogP contribution is 2.30. The van der Waals surface area contributed by atoms with E-state index < -0.39 is 0 Å². The van der Waals surface area contributed by atoms with E-state index in [0.29, 0.717) is 28.4 Å². The Morgan fingerprint density at radius 3 is 2.36 bits per heavy atom. The molecule has 8 heteroatoms. The molecule has 4 rings (SSSR count). The van der Waals surface area contributed by atoms with E-state index in [4.69, 9.17) is 16.5 Å². The van der Waals surface area contributed by atoms with Gasteiger partial charge in [-0.1, -0.05) is 29.8 Å². The minimum absolute atomic E-state index is 0.0631. The van der Waals surface area contributed by atoms with Crippen molar-refractivity contribution in [2.24, 2.45) is 7.05 Å². The fourth-order valence-electron chi connectivity index (χ4n) is 2.65. The van der Waals surface area contributed by atoms with Gasteiger partial charge < -0.3 is 16.0 Å². The molecular formula is C17H16N8. The Balaban J connectivity index is 2.07. The third-order valence-electron chi connectivity index (χ3n) is 3.93. The van der Waals surface area contributed by atoms with E-state index in [-0.39, 0.29) is 11.8 Å². The van der Waals surface area contributed by atoms with Gasteiger partial charge in [-0.05, 0) is 6.92 Å². The largest absolute Gasteiger partial charge is 0.382 e. The maximum absolute atomic E-state index is 5.97. The summed E-state index contributed by atoms with van der Waals surface area (Å²) < 4.78 is 1.88. The second kappa shape index (κ2) is 5.52. The molecule has 25 heavy (non-hydrogen) atoms. The molecule has 3 heterocycles. The van der Waals surface area contributed by atoms with E-state index in [9.17, 15) is 0 Å². The zero-order valence-corrected chi connectivity index (χ0v) is 13.8. The smallest absolute Gasteiger partial charge is 0.224 e. The predicted molar refractivity (Wildman–Crippen MR) is 96.3 cm³/mol. The maximum Gasteiger partial charge on any atom is 0.224 e. The summed E-state index contributed by atoms with van der Waals surface area (Å²) in [6.07, 6.45) is 3.56. The van der Waals surface area contributed by atoms with Crippen molar-refractivity contribution in [2.45, 2.75) is 6.92 Å². The molecule has 1 aromatic carbocycles. The molecule has 3 aromatic heterocycles. The van der Waals surface area contributed by atoms with Gasteiger partial charge >= 0.3 is 0 Å². The fraction of sp³-hybridized carbons (Fsp3) is 0.118. The minimum Gasteiger partial charge on any atom is -0.382 e. The molecule has 0 bridgehead atoms.